The lowest BCUT2D eigenvalue weighted by molar-refractivity contribution is -0.133. The maximum atomic E-state index is 12.3. The van der Waals surface area contributed by atoms with Crippen molar-refractivity contribution in [3.63, 3.8) is 0 Å². The molecule has 7 heteroatoms. The molecule has 0 aliphatic rings. The van der Waals surface area contributed by atoms with Crippen molar-refractivity contribution >= 4 is 23.5 Å². The van der Waals surface area contributed by atoms with E-state index in [0.717, 1.165) is 0 Å². The van der Waals surface area contributed by atoms with E-state index >= 15 is 0 Å². The molecule has 2 amide bonds. The second-order valence-corrected chi connectivity index (χ2v) is 5.28. The van der Waals surface area contributed by atoms with Crippen LogP contribution in [0.1, 0.15) is 23.0 Å². The Morgan fingerprint density at radius 1 is 1.12 bits per heavy atom. The third-order valence-electron chi connectivity index (χ3n) is 3.47. The number of nitrogens with one attached hydrogen (secondary N) is 1. The number of anilines is 1. The summed E-state index contributed by atoms with van der Waals surface area (Å²) < 4.78 is 4.69. The lowest BCUT2D eigenvalue weighted by atomic mass is 10.2. The first kappa shape index (κ1) is 18.1. The number of hydrogen-bond acceptors (Lipinski definition) is 5. The topological polar surface area (TPSA) is 88.6 Å². The molecule has 2 aromatic rings. The minimum Gasteiger partial charge on any atom is -0.465 e. The number of carbonyl (C=O) groups is 3. The van der Waals surface area contributed by atoms with E-state index in [1.54, 1.807) is 42.6 Å². The molecular formula is C18H19N3O4. The Morgan fingerprint density at radius 2 is 1.84 bits per heavy atom. The van der Waals surface area contributed by atoms with Crippen LogP contribution in [0, 0.1) is 0 Å². The van der Waals surface area contributed by atoms with Crippen molar-refractivity contribution in [3.8, 4) is 0 Å². The Morgan fingerprint density at radius 3 is 2.48 bits per heavy atom. The fraction of sp³-hybridized carbons (Fsp3) is 0.222. The minimum atomic E-state index is -0.548. The van der Waals surface area contributed by atoms with Crippen molar-refractivity contribution in [2.24, 2.45) is 0 Å². The molecule has 1 heterocycles. The van der Waals surface area contributed by atoms with Crippen LogP contribution in [-0.2, 0) is 20.9 Å². The maximum Gasteiger partial charge on any atom is 0.339 e. The van der Waals surface area contributed by atoms with Crippen LogP contribution < -0.4 is 5.32 Å². The molecule has 0 saturated carbocycles. The molecule has 1 N–H and O–H groups in total. The van der Waals surface area contributed by atoms with Crippen LogP contribution in [-0.4, -0.2) is 41.3 Å². The average molecular weight is 341 g/mol. The molecule has 0 aliphatic carbocycles. The molecule has 0 saturated heterocycles. The Kier molecular flexibility index (Phi) is 6.22. The Balaban J connectivity index is 2.07. The summed E-state index contributed by atoms with van der Waals surface area (Å²) in [6.45, 7) is 1.46. The van der Waals surface area contributed by atoms with Gasteiger partial charge >= 0.3 is 5.97 Å². The maximum absolute atomic E-state index is 12.3. The SMILES string of the molecule is COC(=O)c1ccccc1NC(=O)CN(Cc1ccccn1)C(C)=O. The average Bonchev–Trinajstić information content (AvgIpc) is 2.61. The summed E-state index contributed by atoms with van der Waals surface area (Å²) in [5, 5.41) is 2.64. The van der Waals surface area contributed by atoms with Gasteiger partial charge in [0.2, 0.25) is 11.8 Å². The fourth-order valence-electron chi connectivity index (χ4n) is 2.21. The molecular weight excluding hydrogens is 322 g/mol. The highest BCUT2D eigenvalue weighted by Gasteiger charge is 2.17. The number of hydrogen-bond donors (Lipinski definition) is 1. The standard InChI is InChI=1S/C18H19N3O4/c1-13(22)21(11-14-7-5-6-10-19-14)12-17(23)20-16-9-4-3-8-15(16)18(24)25-2/h3-10H,11-12H2,1-2H3,(H,20,23). The van der Waals surface area contributed by atoms with E-state index in [4.69, 9.17) is 4.74 Å². The van der Waals surface area contributed by atoms with E-state index in [1.165, 1.54) is 18.9 Å². The molecule has 0 radical (unpaired) electrons. The highest BCUT2D eigenvalue weighted by Crippen LogP contribution is 2.16. The van der Waals surface area contributed by atoms with Gasteiger partial charge in [0.25, 0.3) is 0 Å². The Hall–Kier alpha value is -3.22. The van der Waals surface area contributed by atoms with E-state index in [2.05, 4.69) is 10.3 Å². The molecule has 0 unspecified atom stereocenters. The predicted molar refractivity (Wildman–Crippen MR) is 91.7 cm³/mol. The lowest BCUT2D eigenvalue weighted by Gasteiger charge is -2.20. The van der Waals surface area contributed by atoms with E-state index in [1.807, 2.05) is 6.07 Å². The van der Waals surface area contributed by atoms with E-state index in [9.17, 15) is 14.4 Å². The molecule has 130 valence electrons. The summed E-state index contributed by atoms with van der Waals surface area (Å²) in [7, 11) is 1.27. The number of benzene rings is 1. The molecule has 0 bridgehead atoms. The smallest absolute Gasteiger partial charge is 0.339 e. The van der Waals surface area contributed by atoms with Gasteiger partial charge in [0.15, 0.2) is 0 Å². The van der Waals surface area contributed by atoms with E-state index in [-0.39, 0.29) is 24.6 Å². The number of pyridine rings is 1. The predicted octanol–water partition coefficient (Wildman–Crippen LogP) is 1.86. The number of rotatable bonds is 6. The number of nitrogens with zero attached hydrogens (tertiary/aromatic N) is 2. The van der Waals surface area contributed by atoms with Gasteiger partial charge in [-0.15, -0.1) is 0 Å². The number of para-hydroxylation sites is 1. The van der Waals surface area contributed by atoms with Crippen molar-refractivity contribution in [2.45, 2.75) is 13.5 Å². The lowest BCUT2D eigenvalue weighted by Crippen LogP contribution is -2.36. The first-order chi connectivity index (χ1) is 12.0. The zero-order valence-corrected chi connectivity index (χ0v) is 14.1. The molecule has 2 rings (SSSR count). The van der Waals surface area contributed by atoms with E-state index < -0.39 is 11.9 Å². The third-order valence-corrected chi connectivity index (χ3v) is 3.47. The molecule has 1 aromatic heterocycles. The highest BCUT2D eigenvalue weighted by molar-refractivity contribution is 6.02. The van der Waals surface area contributed by atoms with Crippen LogP contribution in [0.2, 0.25) is 0 Å². The Bertz CT molecular complexity index is 762. The number of esters is 1. The van der Waals surface area contributed by atoms with Gasteiger partial charge in [-0.05, 0) is 24.3 Å². The molecule has 0 spiro atoms. The second-order valence-electron chi connectivity index (χ2n) is 5.28. The largest absolute Gasteiger partial charge is 0.465 e. The third kappa shape index (κ3) is 5.13. The highest BCUT2D eigenvalue weighted by atomic mass is 16.5. The van der Waals surface area contributed by atoms with Crippen LogP contribution in [0.4, 0.5) is 5.69 Å². The zero-order chi connectivity index (χ0) is 18.2. The molecule has 0 fully saturated rings. The normalized spacial score (nSPS) is 10.0. The number of amides is 2. The molecule has 0 atom stereocenters. The molecule has 7 nitrogen and oxygen atoms in total. The van der Waals surface area contributed by atoms with Crippen molar-refractivity contribution in [3.05, 3.63) is 59.9 Å². The van der Waals surface area contributed by atoms with Crippen molar-refractivity contribution in [1.82, 2.24) is 9.88 Å². The van der Waals surface area contributed by atoms with Crippen molar-refractivity contribution < 1.29 is 19.1 Å². The van der Waals surface area contributed by atoms with Gasteiger partial charge in [0.05, 0.1) is 30.6 Å². The molecule has 25 heavy (non-hydrogen) atoms. The summed E-state index contributed by atoms with van der Waals surface area (Å²) >= 11 is 0. The van der Waals surface area contributed by atoms with Crippen LogP contribution in [0.15, 0.2) is 48.7 Å². The number of aromatic nitrogens is 1. The van der Waals surface area contributed by atoms with Gasteiger partial charge in [-0.3, -0.25) is 14.6 Å². The van der Waals surface area contributed by atoms with Crippen LogP contribution in [0.25, 0.3) is 0 Å². The van der Waals surface area contributed by atoms with E-state index in [0.29, 0.717) is 11.4 Å². The van der Waals surface area contributed by atoms with Crippen LogP contribution in [0.3, 0.4) is 0 Å². The first-order valence-electron chi connectivity index (χ1n) is 7.64. The zero-order valence-electron chi connectivity index (χ0n) is 14.1. The number of carbonyl (C=O) groups excluding carboxylic acids is 3. The quantitative estimate of drug-likeness (QED) is 0.810. The molecule has 1 aromatic carbocycles. The van der Waals surface area contributed by atoms with Crippen LogP contribution >= 0.6 is 0 Å². The fourth-order valence-corrected chi connectivity index (χ4v) is 2.21. The van der Waals surface area contributed by atoms with Gasteiger partial charge in [-0.25, -0.2) is 4.79 Å². The first-order valence-corrected chi connectivity index (χ1v) is 7.64. The number of methoxy groups -OCH3 is 1. The number of ether oxygens (including phenoxy) is 1. The summed E-state index contributed by atoms with van der Waals surface area (Å²) in [4.78, 5) is 41.4. The van der Waals surface area contributed by atoms with Gasteiger partial charge in [-0.1, -0.05) is 18.2 Å². The van der Waals surface area contributed by atoms with Crippen molar-refractivity contribution in [2.75, 3.05) is 19.0 Å². The summed E-state index contributed by atoms with van der Waals surface area (Å²) in [5.41, 5.74) is 1.26. The summed E-state index contributed by atoms with van der Waals surface area (Å²) in [6, 6.07) is 11.9. The van der Waals surface area contributed by atoms with Gasteiger partial charge in [0, 0.05) is 13.1 Å². The summed E-state index contributed by atoms with van der Waals surface area (Å²) in [6.07, 6.45) is 1.63. The van der Waals surface area contributed by atoms with Gasteiger partial charge in [0.1, 0.15) is 6.54 Å². The molecule has 0 aliphatic heterocycles. The van der Waals surface area contributed by atoms with Gasteiger partial charge < -0.3 is 15.0 Å². The second kappa shape index (κ2) is 8.58. The van der Waals surface area contributed by atoms with Gasteiger partial charge in [-0.2, -0.15) is 0 Å². The van der Waals surface area contributed by atoms with Crippen LogP contribution in [0.5, 0.6) is 0 Å². The summed E-state index contributed by atoms with van der Waals surface area (Å²) in [5.74, 6) is -1.21. The Labute approximate surface area is 145 Å². The minimum absolute atomic E-state index is 0.151. The monoisotopic (exact) mass is 341 g/mol. The van der Waals surface area contributed by atoms with Crippen molar-refractivity contribution in [1.29, 1.82) is 0 Å².